The minimum Gasteiger partial charge on any atom is -0.294 e. The van der Waals surface area contributed by atoms with Crippen LogP contribution >= 0.6 is 11.6 Å². The first-order valence-corrected chi connectivity index (χ1v) is 9.07. The van der Waals surface area contributed by atoms with Crippen LogP contribution in [0.25, 0.3) is 0 Å². The fraction of sp³-hybridized carbons (Fsp3) is 0.526. The van der Waals surface area contributed by atoms with Crippen molar-refractivity contribution in [1.29, 1.82) is 0 Å². The Morgan fingerprint density at radius 1 is 1.24 bits per heavy atom. The summed E-state index contributed by atoms with van der Waals surface area (Å²) < 4.78 is 0. The number of halogens is 1. The zero-order valence-electron chi connectivity index (χ0n) is 14.8. The van der Waals surface area contributed by atoms with Gasteiger partial charge in [0.1, 0.15) is 6.67 Å². The Labute approximate surface area is 152 Å². The Morgan fingerprint density at radius 2 is 1.92 bits per heavy atom. The summed E-state index contributed by atoms with van der Waals surface area (Å²) in [7, 11) is 0. The van der Waals surface area contributed by atoms with Crippen LogP contribution in [0.2, 0.25) is 5.02 Å². The molecule has 1 heterocycles. The molecule has 1 saturated carbocycles. The van der Waals surface area contributed by atoms with E-state index in [1.807, 2.05) is 13.0 Å². The quantitative estimate of drug-likeness (QED) is 0.774. The topological polar surface area (TPSA) is 57.7 Å². The summed E-state index contributed by atoms with van der Waals surface area (Å²) in [5, 5.41) is 0.547. The number of rotatable bonds is 3. The summed E-state index contributed by atoms with van der Waals surface area (Å²) in [5.74, 6) is -0.523. The van der Waals surface area contributed by atoms with E-state index in [9.17, 15) is 14.4 Å². The average Bonchev–Trinajstić information content (AvgIpc) is 2.79. The van der Waals surface area contributed by atoms with Gasteiger partial charge in [-0.15, -0.1) is 0 Å². The number of fused-ring (bicyclic) bond motifs is 1. The van der Waals surface area contributed by atoms with Gasteiger partial charge in [0.05, 0.1) is 11.8 Å². The average molecular weight is 363 g/mol. The van der Waals surface area contributed by atoms with Gasteiger partial charge in [0.2, 0.25) is 17.7 Å². The molecule has 1 aromatic carbocycles. The SMILES string of the molecule is CC(=O)N(CN1C(=O)[C@@H]2CC[C@H](C)C[C@H]2C1=O)c1ccc(C)c(Cl)c1. The summed E-state index contributed by atoms with van der Waals surface area (Å²) in [5.41, 5.74) is 1.49. The molecule has 0 aromatic heterocycles. The van der Waals surface area contributed by atoms with E-state index >= 15 is 0 Å². The first-order chi connectivity index (χ1) is 11.8. The normalized spacial score (nSPS) is 25.9. The van der Waals surface area contributed by atoms with Crippen LogP contribution in [0.3, 0.4) is 0 Å². The molecule has 2 fully saturated rings. The van der Waals surface area contributed by atoms with E-state index in [1.54, 1.807) is 12.1 Å². The zero-order valence-corrected chi connectivity index (χ0v) is 15.5. The van der Waals surface area contributed by atoms with Gasteiger partial charge in [0, 0.05) is 17.6 Å². The summed E-state index contributed by atoms with van der Waals surface area (Å²) in [6.07, 6.45) is 2.48. The Bertz CT molecular complexity index is 733. The van der Waals surface area contributed by atoms with Crippen molar-refractivity contribution in [3.05, 3.63) is 28.8 Å². The van der Waals surface area contributed by atoms with Gasteiger partial charge in [-0.2, -0.15) is 0 Å². The Kier molecular flexibility index (Phi) is 4.87. The van der Waals surface area contributed by atoms with Crippen molar-refractivity contribution >= 4 is 35.0 Å². The number of anilines is 1. The van der Waals surface area contributed by atoms with Crippen molar-refractivity contribution in [3.63, 3.8) is 0 Å². The van der Waals surface area contributed by atoms with Crippen molar-refractivity contribution < 1.29 is 14.4 Å². The molecule has 5 nitrogen and oxygen atoms in total. The molecule has 1 aromatic rings. The highest BCUT2D eigenvalue weighted by atomic mass is 35.5. The third kappa shape index (κ3) is 3.30. The number of imide groups is 1. The first kappa shape index (κ1) is 17.9. The largest absolute Gasteiger partial charge is 0.294 e. The zero-order chi connectivity index (χ0) is 18.3. The fourth-order valence-corrected chi connectivity index (χ4v) is 4.03. The Morgan fingerprint density at radius 3 is 2.56 bits per heavy atom. The van der Waals surface area contributed by atoms with Gasteiger partial charge in [-0.1, -0.05) is 24.6 Å². The van der Waals surface area contributed by atoms with E-state index in [2.05, 4.69) is 6.92 Å². The van der Waals surface area contributed by atoms with Gasteiger partial charge in [0.15, 0.2) is 0 Å². The fourth-order valence-electron chi connectivity index (χ4n) is 3.85. The monoisotopic (exact) mass is 362 g/mol. The second kappa shape index (κ2) is 6.79. The van der Waals surface area contributed by atoms with E-state index in [1.165, 1.54) is 16.7 Å². The highest BCUT2D eigenvalue weighted by molar-refractivity contribution is 6.31. The summed E-state index contributed by atoms with van der Waals surface area (Å²) in [6.45, 7) is 5.37. The maximum Gasteiger partial charge on any atom is 0.234 e. The minimum absolute atomic E-state index is 0.0478. The lowest BCUT2D eigenvalue weighted by Crippen LogP contribution is -2.44. The lowest BCUT2D eigenvalue weighted by atomic mass is 9.76. The maximum atomic E-state index is 12.7. The van der Waals surface area contributed by atoms with Crippen molar-refractivity contribution in [2.75, 3.05) is 11.6 Å². The number of carbonyl (C=O) groups is 3. The Balaban J connectivity index is 1.85. The standard InChI is InChI=1S/C19H23ClN2O3/c1-11-4-7-15-16(8-11)19(25)22(18(15)24)10-21(13(3)23)14-6-5-12(2)17(20)9-14/h5-6,9,11,15-16H,4,7-8,10H2,1-3H3/t11-,15+,16+/m0/s1. The van der Waals surface area contributed by atoms with Crippen LogP contribution in [0.4, 0.5) is 5.69 Å². The van der Waals surface area contributed by atoms with E-state index < -0.39 is 0 Å². The van der Waals surface area contributed by atoms with Crippen molar-refractivity contribution in [3.8, 4) is 0 Å². The van der Waals surface area contributed by atoms with Gasteiger partial charge >= 0.3 is 0 Å². The molecule has 3 rings (SSSR count). The number of amides is 3. The molecule has 0 radical (unpaired) electrons. The number of nitrogens with zero attached hydrogens (tertiary/aromatic N) is 2. The van der Waals surface area contributed by atoms with Crippen LogP contribution in [0.1, 0.15) is 38.7 Å². The highest BCUT2D eigenvalue weighted by Gasteiger charge is 2.49. The number of carbonyl (C=O) groups excluding carboxylic acids is 3. The van der Waals surface area contributed by atoms with Crippen LogP contribution in [0, 0.1) is 24.7 Å². The van der Waals surface area contributed by atoms with Crippen LogP contribution < -0.4 is 4.90 Å². The molecule has 1 aliphatic carbocycles. The number of likely N-dealkylation sites (tertiary alicyclic amines) is 1. The molecular weight excluding hydrogens is 340 g/mol. The molecule has 134 valence electrons. The second-order valence-corrected chi connectivity index (χ2v) is 7.66. The maximum absolute atomic E-state index is 12.7. The number of hydrogen-bond donors (Lipinski definition) is 0. The summed E-state index contributed by atoms with van der Waals surface area (Å²) in [6, 6.07) is 5.30. The number of benzene rings is 1. The van der Waals surface area contributed by atoms with Crippen molar-refractivity contribution in [1.82, 2.24) is 4.90 Å². The predicted molar refractivity (Wildman–Crippen MR) is 96.1 cm³/mol. The van der Waals surface area contributed by atoms with Gasteiger partial charge in [0.25, 0.3) is 0 Å². The van der Waals surface area contributed by atoms with Crippen molar-refractivity contribution in [2.24, 2.45) is 17.8 Å². The molecule has 3 amide bonds. The number of hydrogen-bond acceptors (Lipinski definition) is 3. The lowest BCUT2D eigenvalue weighted by molar-refractivity contribution is -0.140. The molecule has 0 unspecified atom stereocenters. The molecule has 0 spiro atoms. The van der Waals surface area contributed by atoms with Crippen LogP contribution in [-0.4, -0.2) is 29.3 Å². The van der Waals surface area contributed by atoms with Gasteiger partial charge in [-0.3, -0.25) is 24.2 Å². The van der Waals surface area contributed by atoms with E-state index in [4.69, 9.17) is 11.6 Å². The third-order valence-corrected chi connectivity index (χ3v) is 5.82. The minimum atomic E-state index is -0.233. The molecule has 0 bridgehead atoms. The highest BCUT2D eigenvalue weighted by Crippen LogP contribution is 2.40. The molecule has 1 saturated heterocycles. The van der Waals surface area contributed by atoms with E-state index in [-0.39, 0.29) is 36.2 Å². The second-order valence-electron chi connectivity index (χ2n) is 7.26. The van der Waals surface area contributed by atoms with Crippen molar-refractivity contribution in [2.45, 2.75) is 40.0 Å². The lowest BCUT2D eigenvalue weighted by Gasteiger charge is -2.26. The molecule has 2 aliphatic rings. The first-order valence-electron chi connectivity index (χ1n) is 8.69. The molecule has 25 heavy (non-hydrogen) atoms. The third-order valence-electron chi connectivity index (χ3n) is 5.41. The molecule has 6 heteroatoms. The molecule has 3 atom stereocenters. The van der Waals surface area contributed by atoms with E-state index in [0.29, 0.717) is 16.6 Å². The molecular formula is C19H23ClN2O3. The summed E-state index contributed by atoms with van der Waals surface area (Å²) >= 11 is 6.17. The van der Waals surface area contributed by atoms with Gasteiger partial charge in [-0.05, 0) is 49.8 Å². The molecule has 1 aliphatic heterocycles. The van der Waals surface area contributed by atoms with Gasteiger partial charge < -0.3 is 0 Å². The van der Waals surface area contributed by atoms with Gasteiger partial charge in [-0.25, -0.2) is 0 Å². The van der Waals surface area contributed by atoms with Crippen LogP contribution in [-0.2, 0) is 14.4 Å². The number of aryl methyl sites for hydroxylation is 1. The predicted octanol–water partition coefficient (Wildman–Crippen LogP) is 3.38. The smallest absolute Gasteiger partial charge is 0.234 e. The summed E-state index contributed by atoms with van der Waals surface area (Å²) in [4.78, 5) is 40.3. The van der Waals surface area contributed by atoms with E-state index in [0.717, 1.165) is 24.8 Å². The van der Waals surface area contributed by atoms with Crippen LogP contribution in [0.5, 0.6) is 0 Å². The Hall–Kier alpha value is -1.88. The molecule has 0 N–H and O–H groups in total. The van der Waals surface area contributed by atoms with Crippen LogP contribution in [0.15, 0.2) is 18.2 Å².